The van der Waals surface area contributed by atoms with Crippen molar-refractivity contribution < 1.29 is 9.53 Å². The first-order valence-electron chi connectivity index (χ1n) is 6.60. The molecular formula is C13H26N2O2. The Labute approximate surface area is 105 Å². The van der Waals surface area contributed by atoms with Crippen molar-refractivity contribution in [1.29, 1.82) is 0 Å². The minimum absolute atomic E-state index is 0.152. The third-order valence-corrected chi connectivity index (χ3v) is 2.70. The lowest BCUT2D eigenvalue weighted by molar-refractivity contribution is -0.137. The third kappa shape index (κ3) is 5.04. The van der Waals surface area contributed by atoms with Crippen LogP contribution >= 0.6 is 0 Å². The van der Waals surface area contributed by atoms with Crippen LogP contribution in [-0.2, 0) is 9.53 Å². The molecule has 100 valence electrons. The summed E-state index contributed by atoms with van der Waals surface area (Å²) in [6.07, 6.45) is 0. The fourth-order valence-electron chi connectivity index (χ4n) is 2.08. The Balaban J connectivity index is 2.56. The molecule has 1 fully saturated rings. The van der Waals surface area contributed by atoms with Gasteiger partial charge >= 0.3 is 0 Å². The van der Waals surface area contributed by atoms with E-state index in [1.807, 2.05) is 4.90 Å². The van der Waals surface area contributed by atoms with E-state index in [2.05, 4.69) is 33.0 Å². The average molecular weight is 242 g/mol. The fourth-order valence-corrected chi connectivity index (χ4v) is 2.08. The Kier molecular flexibility index (Phi) is 5.92. The van der Waals surface area contributed by atoms with E-state index in [0.29, 0.717) is 25.0 Å². The van der Waals surface area contributed by atoms with Crippen LogP contribution in [0.15, 0.2) is 0 Å². The quantitative estimate of drug-likeness (QED) is 0.785. The molecule has 0 bridgehead atoms. The van der Waals surface area contributed by atoms with E-state index < -0.39 is 0 Å². The molecule has 0 spiro atoms. The Morgan fingerprint density at radius 3 is 2.29 bits per heavy atom. The fraction of sp³-hybridized carbons (Fsp3) is 0.923. The maximum absolute atomic E-state index is 12.4. The summed E-state index contributed by atoms with van der Waals surface area (Å²) in [4.78, 5) is 14.3. The van der Waals surface area contributed by atoms with Gasteiger partial charge in [0.1, 0.15) is 6.04 Å². The van der Waals surface area contributed by atoms with Crippen LogP contribution in [0.2, 0.25) is 0 Å². The van der Waals surface area contributed by atoms with Crippen molar-refractivity contribution >= 4 is 5.91 Å². The van der Waals surface area contributed by atoms with Crippen molar-refractivity contribution in [2.24, 2.45) is 11.8 Å². The molecule has 1 unspecified atom stereocenters. The molecule has 1 atom stereocenters. The molecule has 1 aliphatic rings. The van der Waals surface area contributed by atoms with E-state index in [1.54, 1.807) is 0 Å². The number of nitrogens with one attached hydrogen (secondary N) is 1. The summed E-state index contributed by atoms with van der Waals surface area (Å²) in [6, 6.07) is -0.152. The highest BCUT2D eigenvalue weighted by Gasteiger charge is 2.26. The molecule has 1 rings (SSSR count). The Morgan fingerprint density at radius 1 is 1.29 bits per heavy atom. The Morgan fingerprint density at radius 2 is 1.88 bits per heavy atom. The van der Waals surface area contributed by atoms with Gasteiger partial charge in [0.15, 0.2) is 0 Å². The molecule has 0 aromatic heterocycles. The molecule has 1 saturated heterocycles. The summed E-state index contributed by atoms with van der Waals surface area (Å²) in [5.74, 6) is 1.19. The van der Waals surface area contributed by atoms with Crippen LogP contribution < -0.4 is 5.32 Å². The van der Waals surface area contributed by atoms with Gasteiger partial charge in [0.25, 0.3) is 0 Å². The van der Waals surface area contributed by atoms with Gasteiger partial charge < -0.3 is 15.0 Å². The lowest BCUT2D eigenvalue weighted by atomic mass is 10.1. The van der Waals surface area contributed by atoms with Crippen LogP contribution in [0.25, 0.3) is 0 Å². The van der Waals surface area contributed by atoms with Crippen molar-refractivity contribution in [1.82, 2.24) is 10.2 Å². The number of hydrogen-bond acceptors (Lipinski definition) is 3. The van der Waals surface area contributed by atoms with Crippen LogP contribution in [0.4, 0.5) is 0 Å². The van der Waals surface area contributed by atoms with Gasteiger partial charge in [-0.15, -0.1) is 0 Å². The molecule has 4 heteroatoms. The molecule has 1 aliphatic heterocycles. The lowest BCUT2D eigenvalue weighted by Crippen LogP contribution is -2.53. The van der Waals surface area contributed by atoms with Gasteiger partial charge in [-0.1, -0.05) is 27.7 Å². The lowest BCUT2D eigenvalue weighted by Gasteiger charge is -2.32. The number of rotatable bonds is 5. The predicted molar refractivity (Wildman–Crippen MR) is 68.9 cm³/mol. The number of amides is 1. The highest BCUT2D eigenvalue weighted by atomic mass is 16.5. The van der Waals surface area contributed by atoms with Crippen LogP contribution in [0.3, 0.4) is 0 Å². The molecule has 0 aliphatic carbocycles. The molecular weight excluding hydrogens is 216 g/mol. The summed E-state index contributed by atoms with van der Waals surface area (Å²) in [5, 5.41) is 3.23. The average Bonchev–Trinajstić information content (AvgIpc) is 2.27. The second-order valence-electron chi connectivity index (χ2n) is 5.61. The van der Waals surface area contributed by atoms with E-state index in [-0.39, 0.29) is 11.9 Å². The third-order valence-electron chi connectivity index (χ3n) is 2.70. The van der Waals surface area contributed by atoms with E-state index in [1.165, 1.54) is 0 Å². The Bertz CT molecular complexity index is 226. The maximum atomic E-state index is 12.4. The van der Waals surface area contributed by atoms with Gasteiger partial charge in [0.05, 0.1) is 13.2 Å². The molecule has 17 heavy (non-hydrogen) atoms. The normalized spacial score (nSPS) is 20.9. The predicted octanol–water partition coefficient (Wildman–Crippen LogP) is 1.12. The molecule has 0 aromatic rings. The molecule has 0 saturated carbocycles. The number of hydrogen-bond donors (Lipinski definition) is 1. The van der Waals surface area contributed by atoms with Crippen LogP contribution in [0.1, 0.15) is 27.7 Å². The number of carbonyl (C=O) groups is 1. The topological polar surface area (TPSA) is 41.6 Å². The van der Waals surface area contributed by atoms with Crippen molar-refractivity contribution in [3.8, 4) is 0 Å². The first-order valence-corrected chi connectivity index (χ1v) is 6.60. The summed E-state index contributed by atoms with van der Waals surface area (Å²) in [6.45, 7) is 12.2. The zero-order chi connectivity index (χ0) is 12.8. The van der Waals surface area contributed by atoms with Crippen molar-refractivity contribution in [3.05, 3.63) is 0 Å². The van der Waals surface area contributed by atoms with Gasteiger partial charge in [-0.05, 0) is 11.8 Å². The molecule has 1 heterocycles. The van der Waals surface area contributed by atoms with E-state index >= 15 is 0 Å². The second kappa shape index (κ2) is 6.97. The van der Waals surface area contributed by atoms with Gasteiger partial charge in [0.2, 0.25) is 5.91 Å². The molecule has 0 aromatic carbocycles. The summed E-state index contributed by atoms with van der Waals surface area (Å²) in [7, 11) is 0. The zero-order valence-corrected chi connectivity index (χ0v) is 11.5. The van der Waals surface area contributed by atoms with Crippen molar-refractivity contribution in [3.63, 3.8) is 0 Å². The van der Waals surface area contributed by atoms with E-state index in [0.717, 1.165) is 19.6 Å². The number of nitrogens with zero attached hydrogens (tertiary/aromatic N) is 1. The highest BCUT2D eigenvalue weighted by Crippen LogP contribution is 2.07. The van der Waals surface area contributed by atoms with E-state index in [9.17, 15) is 4.79 Å². The first kappa shape index (κ1) is 14.5. The molecule has 4 nitrogen and oxygen atoms in total. The van der Waals surface area contributed by atoms with Crippen LogP contribution in [-0.4, -0.2) is 49.7 Å². The number of morpholine rings is 1. The number of carbonyl (C=O) groups excluding carboxylic acids is 1. The molecule has 1 N–H and O–H groups in total. The molecule has 1 amide bonds. The summed E-state index contributed by atoms with van der Waals surface area (Å²) in [5.41, 5.74) is 0. The van der Waals surface area contributed by atoms with Gasteiger partial charge in [-0.3, -0.25) is 4.79 Å². The van der Waals surface area contributed by atoms with Gasteiger partial charge in [-0.2, -0.15) is 0 Å². The molecule has 0 radical (unpaired) electrons. The number of ether oxygens (including phenoxy) is 1. The van der Waals surface area contributed by atoms with Crippen LogP contribution in [0, 0.1) is 11.8 Å². The SMILES string of the molecule is CC(C)CN(CC(C)C)C(=O)C1COCCN1. The largest absolute Gasteiger partial charge is 0.378 e. The Hall–Kier alpha value is -0.610. The second-order valence-corrected chi connectivity index (χ2v) is 5.61. The minimum atomic E-state index is -0.152. The van der Waals surface area contributed by atoms with Gasteiger partial charge in [0, 0.05) is 19.6 Å². The van der Waals surface area contributed by atoms with Crippen LogP contribution in [0.5, 0.6) is 0 Å². The van der Waals surface area contributed by atoms with Crippen molar-refractivity contribution in [2.45, 2.75) is 33.7 Å². The highest BCUT2D eigenvalue weighted by molar-refractivity contribution is 5.82. The zero-order valence-electron chi connectivity index (χ0n) is 11.5. The maximum Gasteiger partial charge on any atom is 0.242 e. The minimum Gasteiger partial charge on any atom is -0.378 e. The van der Waals surface area contributed by atoms with Crippen molar-refractivity contribution in [2.75, 3.05) is 32.8 Å². The summed E-state index contributed by atoms with van der Waals surface area (Å²) >= 11 is 0. The smallest absolute Gasteiger partial charge is 0.242 e. The monoisotopic (exact) mass is 242 g/mol. The first-order chi connectivity index (χ1) is 8.00. The standard InChI is InChI=1S/C13H26N2O2/c1-10(2)7-15(8-11(3)4)13(16)12-9-17-6-5-14-12/h10-12,14H,5-9H2,1-4H3. The van der Waals surface area contributed by atoms with Gasteiger partial charge in [-0.25, -0.2) is 0 Å². The summed E-state index contributed by atoms with van der Waals surface area (Å²) < 4.78 is 5.35. The van der Waals surface area contributed by atoms with E-state index in [4.69, 9.17) is 4.74 Å².